The molecule has 10 heteroatoms. The van der Waals surface area contributed by atoms with Crippen molar-refractivity contribution < 1.29 is 23.1 Å². The molecular formula is C24H23F3N4O3. The molecule has 34 heavy (non-hydrogen) atoms. The number of benzene rings is 1. The Morgan fingerprint density at radius 3 is 2.56 bits per heavy atom. The lowest BCUT2D eigenvalue weighted by Gasteiger charge is -2.32. The number of amides is 1. The number of nitrogens with zero attached hydrogens (tertiary/aromatic N) is 3. The van der Waals surface area contributed by atoms with E-state index in [2.05, 4.69) is 15.4 Å². The zero-order chi connectivity index (χ0) is 24.3. The Balaban J connectivity index is 1.73. The number of nitrogens with one attached hydrogen (secondary N) is 1. The number of aromatic nitrogens is 3. The average Bonchev–Trinajstić information content (AvgIpc) is 2.83. The number of alkyl halides is 2. The Hall–Kier alpha value is -3.53. The van der Waals surface area contributed by atoms with Crippen LogP contribution in [0.3, 0.4) is 0 Å². The summed E-state index contributed by atoms with van der Waals surface area (Å²) in [6.07, 6.45) is 2.21. The maximum absolute atomic E-state index is 13.8. The Morgan fingerprint density at radius 1 is 1.15 bits per heavy atom. The summed E-state index contributed by atoms with van der Waals surface area (Å²) in [4.78, 5) is 29.8. The molecule has 0 unspecified atom stereocenters. The lowest BCUT2D eigenvalue weighted by Crippen LogP contribution is -2.45. The molecule has 2 heterocycles. The second-order valence-electron chi connectivity index (χ2n) is 8.38. The molecule has 0 radical (unpaired) electrons. The molecule has 0 bridgehead atoms. The molecule has 4 rings (SSSR count). The van der Waals surface area contributed by atoms with Crippen molar-refractivity contribution in [2.24, 2.45) is 0 Å². The zero-order valence-corrected chi connectivity index (χ0v) is 18.2. The lowest BCUT2D eigenvalue weighted by molar-refractivity contribution is 0.00523. The van der Waals surface area contributed by atoms with Crippen molar-refractivity contribution in [2.45, 2.75) is 44.1 Å². The largest absolute Gasteiger partial charge is 0.388 e. The summed E-state index contributed by atoms with van der Waals surface area (Å²) >= 11 is 0. The molecule has 7 nitrogen and oxygen atoms in total. The first-order valence-corrected chi connectivity index (χ1v) is 10.9. The van der Waals surface area contributed by atoms with E-state index < -0.39 is 35.0 Å². The second-order valence-corrected chi connectivity index (χ2v) is 8.38. The number of hydrogen-bond acceptors (Lipinski definition) is 5. The molecule has 0 atom stereocenters. The van der Waals surface area contributed by atoms with Gasteiger partial charge >= 0.3 is 0 Å². The smallest absolute Gasteiger partial charge is 0.284 e. The fraction of sp³-hybridized carbons (Fsp3) is 0.333. The van der Waals surface area contributed by atoms with Crippen LogP contribution in [0.2, 0.25) is 0 Å². The standard InChI is InChI=1S/C24H23F3N4O3/c25-16-5-4-6-17(11-16)31-23(33)18(22(32)29-14-24(34)9-2-1-3-10-24)12-20(30-31)15-7-8-19(21(26)27)28-13-15/h4-8,11-13,21,34H,1-3,9-10,14H2,(H,29,32). The lowest BCUT2D eigenvalue weighted by atomic mass is 9.85. The van der Waals surface area contributed by atoms with E-state index in [4.69, 9.17) is 0 Å². The molecule has 0 saturated heterocycles. The average molecular weight is 472 g/mol. The van der Waals surface area contributed by atoms with Gasteiger partial charge in [0.05, 0.1) is 17.0 Å². The van der Waals surface area contributed by atoms with Crippen molar-refractivity contribution in [3.8, 4) is 16.9 Å². The maximum atomic E-state index is 13.8. The van der Waals surface area contributed by atoms with E-state index in [1.54, 1.807) is 0 Å². The summed E-state index contributed by atoms with van der Waals surface area (Å²) < 4.78 is 40.5. The van der Waals surface area contributed by atoms with E-state index in [0.717, 1.165) is 42.3 Å². The minimum Gasteiger partial charge on any atom is -0.388 e. The molecule has 1 saturated carbocycles. The molecule has 0 spiro atoms. The third-order valence-corrected chi connectivity index (χ3v) is 5.88. The number of halogens is 3. The third-order valence-electron chi connectivity index (χ3n) is 5.88. The highest BCUT2D eigenvalue weighted by molar-refractivity contribution is 5.94. The van der Waals surface area contributed by atoms with Crippen LogP contribution in [0, 0.1) is 5.82 Å². The molecule has 3 aromatic rings. The van der Waals surface area contributed by atoms with Gasteiger partial charge in [-0.25, -0.2) is 13.2 Å². The van der Waals surface area contributed by atoms with Crippen LogP contribution >= 0.6 is 0 Å². The highest BCUT2D eigenvalue weighted by Gasteiger charge is 2.30. The van der Waals surface area contributed by atoms with Crippen LogP contribution in [0.1, 0.15) is 54.6 Å². The van der Waals surface area contributed by atoms with E-state index in [-0.39, 0.29) is 29.1 Å². The van der Waals surface area contributed by atoms with Gasteiger partial charge in [-0.2, -0.15) is 9.78 Å². The van der Waals surface area contributed by atoms with Gasteiger partial charge in [0.1, 0.15) is 17.1 Å². The van der Waals surface area contributed by atoms with Crippen LogP contribution in [-0.2, 0) is 0 Å². The normalized spacial score (nSPS) is 15.3. The SMILES string of the molecule is O=C(NCC1(O)CCCCC1)c1cc(-c2ccc(C(F)F)nc2)nn(-c2cccc(F)c2)c1=O. The fourth-order valence-electron chi connectivity index (χ4n) is 3.99. The highest BCUT2D eigenvalue weighted by Crippen LogP contribution is 2.27. The van der Waals surface area contributed by atoms with Gasteiger partial charge < -0.3 is 10.4 Å². The van der Waals surface area contributed by atoms with Crippen LogP contribution in [0.25, 0.3) is 16.9 Å². The minimum atomic E-state index is -2.75. The van der Waals surface area contributed by atoms with Gasteiger partial charge in [-0.3, -0.25) is 14.6 Å². The zero-order valence-electron chi connectivity index (χ0n) is 18.2. The second kappa shape index (κ2) is 9.76. The number of pyridine rings is 1. The first-order valence-electron chi connectivity index (χ1n) is 10.9. The molecule has 0 aliphatic heterocycles. The third kappa shape index (κ3) is 5.17. The van der Waals surface area contributed by atoms with Crippen molar-refractivity contribution in [1.82, 2.24) is 20.1 Å². The predicted octanol–water partition coefficient (Wildman–Crippen LogP) is 3.80. The van der Waals surface area contributed by atoms with Gasteiger partial charge in [0.2, 0.25) is 0 Å². The van der Waals surface area contributed by atoms with Crippen LogP contribution in [0.5, 0.6) is 0 Å². The molecule has 1 aliphatic rings. The van der Waals surface area contributed by atoms with Gasteiger partial charge in [-0.15, -0.1) is 0 Å². The number of aliphatic hydroxyl groups is 1. The van der Waals surface area contributed by atoms with Crippen LogP contribution in [0.4, 0.5) is 13.2 Å². The van der Waals surface area contributed by atoms with Crippen LogP contribution in [0.15, 0.2) is 53.5 Å². The Bertz CT molecular complexity index is 1240. The molecule has 1 aliphatic carbocycles. The maximum Gasteiger partial charge on any atom is 0.284 e. The van der Waals surface area contributed by atoms with Gasteiger partial charge in [0.25, 0.3) is 17.9 Å². The van der Waals surface area contributed by atoms with Gasteiger partial charge in [0, 0.05) is 18.3 Å². The summed E-state index contributed by atoms with van der Waals surface area (Å²) in [5.41, 5.74) is -2.07. The quantitative estimate of drug-likeness (QED) is 0.569. The van der Waals surface area contributed by atoms with Crippen molar-refractivity contribution in [2.75, 3.05) is 6.54 Å². The number of carbonyl (C=O) groups excluding carboxylic acids is 1. The molecule has 2 N–H and O–H groups in total. The molecule has 178 valence electrons. The van der Waals surface area contributed by atoms with Gasteiger partial charge in [0.15, 0.2) is 0 Å². The topological polar surface area (TPSA) is 97.1 Å². The van der Waals surface area contributed by atoms with Gasteiger partial charge in [-0.1, -0.05) is 25.3 Å². The molecule has 2 aromatic heterocycles. The highest BCUT2D eigenvalue weighted by atomic mass is 19.3. The summed E-state index contributed by atoms with van der Waals surface area (Å²) in [5, 5.41) is 17.5. The summed E-state index contributed by atoms with van der Waals surface area (Å²) in [5.74, 6) is -1.33. The first-order chi connectivity index (χ1) is 16.3. The van der Waals surface area contributed by atoms with E-state index >= 15 is 0 Å². The van der Waals surface area contributed by atoms with E-state index in [9.17, 15) is 27.9 Å². The minimum absolute atomic E-state index is 0.0203. The van der Waals surface area contributed by atoms with Crippen LogP contribution in [-0.4, -0.2) is 37.9 Å². The van der Waals surface area contributed by atoms with Crippen molar-refractivity contribution >= 4 is 5.91 Å². The van der Waals surface area contributed by atoms with Crippen molar-refractivity contribution in [3.63, 3.8) is 0 Å². The van der Waals surface area contributed by atoms with E-state index in [1.807, 2.05) is 0 Å². The van der Waals surface area contributed by atoms with Crippen LogP contribution < -0.4 is 10.9 Å². The first kappa shape index (κ1) is 23.6. The van der Waals surface area contributed by atoms with Gasteiger partial charge in [-0.05, 0) is 49.2 Å². The molecular weight excluding hydrogens is 449 g/mol. The Kier molecular flexibility index (Phi) is 6.78. The van der Waals surface area contributed by atoms with Crippen molar-refractivity contribution in [3.05, 3.63) is 76.1 Å². The summed E-state index contributed by atoms with van der Waals surface area (Å²) in [6.45, 7) is -0.0203. The number of carbonyl (C=O) groups is 1. The Morgan fingerprint density at radius 2 is 1.91 bits per heavy atom. The monoisotopic (exact) mass is 472 g/mol. The molecule has 1 aromatic carbocycles. The van der Waals surface area contributed by atoms with Crippen molar-refractivity contribution in [1.29, 1.82) is 0 Å². The fourth-order valence-corrected chi connectivity index (χ4v) is 3.99. The van der Waals surface area contributed by atoms with E-state index in [0.29, 0.717) is 12.8 Å². The molecule has 1 amide bonds. The summed E-state index contributed by atoms with van der Waals surface area (Å²) in [6, 6.07) is 8.83. The van der Waals surface area contributed by atoms with E-state index in [1.165, 1.54) is 30.3 Å². The molecule has 1 fully saturated rings. The predicted molar refractivity (Wildman–Crippen MR) is 118 cm³/mol. The number of rotatable bonds is 6. The number of hydrogen-bond donors (Lipinski definition) is 2. The summed E-state index contributed by atoms with van der Waals surface area (Å²) in [7, 11) is 0. The Labute approximate surface area is 193 Å².